The molecule has 2 fully saturated rings. The van der Waals surface area contributed by atoms with Crippen molar-refractivity contribution in [1.29, 1.82) is 0 Å². The number of ether oxygens (including phenoxy) is 7. The van der Waals surface area contributed by atoms with Crippen LogP contribution in [0, 0.1) is 5.92 Å². The molecule has 0 unspecified atom stereocenters. The standard InChI is InChI=1S/C36H50O14/c1-21(19-25-15-12-11-13-16-25)26(44-22(2)38)17-14-18-35-27(45-23(3)39)28(46-24(4)40)36(50-35,31(42)49-33(8,9)10)34(43,20-37)29(47-35)30(41)48-32(5,6)7/h11-13,15-16,20-21,26-29,43H,14,17-19H2,1-10H3/t21-,26-,27-,28-,29-,34+,35+,36+/m1/s1. The lowest BCUT2D eigenvalue weighted by Gasteiger charge is -2.50. The Morgan fingerprint density at radius 1 is 0.880 bits per heavy atom. The summed E-state index contributed by atoms with van der Waals surface area (Å²) in [6, 6.07) is 9.57. The van der Waals surface area contributed by atoms with Crippen molar-refractivity contribution in [2.45, 2.75) is 148 Å². The first kappa shape index (κ1) is 40.5. The Morgan fingerprint density at radius 2 is 1.44 bits per heavy atom. The number of aliphatic hydroxyl groups is 1. The second kappa shape index (κ2) is 15.2. The third-order valence-electron chi connectivity index (χ3n) is 8.21. The Balaban J connectivity index is 2.19. The molecule has 0 aliphatic carbocycles. The highest BCUT2D eigenvalue weighted by molar-refractivity contribution is 5.95. The smallest absolute Gasteiger partial charge is 0.346 e. The maximum atomic E-state index is 14.3. The van der Waals surface area contributed by atoms with Crippen molar-refractivity contribution in [2.75, 3.05) is 0 Å². The number of carbonyl (C=O) groups excluding carboxylic acids is 6. The van der Waals surface area contributed by atoms with E-state index in [1.165, 1.54) is 48.5 Å². The Morgan fingerprint density at radius 3 is 1.94 bits per heavy atom. The lowest BCUT2D eigenvalue weighted by molar-refractivity contribution is -0.372. The van der Waals surface area contributed by atoms with Gasteiger partial charge in [0.1, 0.15) is 17.3 Å². The second-order valence-corrected chi connectivity index (χ2v) is 14.9. The summed E-state index contributed by atoms with van der Waals surface area (Å²) in [6.45, 7) is 14.4. The zero-order valence-corrected chi connectivity index (χ0v) is 30.4. The van der Waals surface area contributed by atoms with E-state index in [9.17, 15) is 33.9 Å². The van der Waals surface area contributed by atoms with E-state index in [-0.39, 0.29) is 31.5 Å². The highest BCUT2D eigenvalue weighted by Crippen LogP contribution is 2.57. The van der Waals surface area contributed by atoms with Gasteiger partial charge in [-0.25, -0.2) is 9.59 Å². The molecule has 2 aliphatic rings. The molecule has 1 aromatic carbocycles. The van der Waals surface area contributed by atoms with Crippen LogP contribution in [0.1, 0.15) is 94.1 Å². The maximum Gasteiger partial charge on any atom is 0.346 e. The van der Waals surface area contributed by atoms with Gasteiger partial charge in [-0.2, -0.15) is 0 Å². The average molecular weight is 707 g/mol. The van der Waals surface area contributed by atoms with Crippen LogP contribution in [0.25, 0.3) is 0 Å². The average Bonchev–Trinajstić information content (AvgIpc) is 3.19. The van der Waals surface area contributed by atoms with Crippen molar-refractivity contribution in [3.05, 3.63) is 35.9 Å². The highest BCUT2D eigenvalue weighted by atomic mass is 16.8. The summed E-state index contributed by atoms with van der Waals surface area (Å²) in [5.74, 6) is -7.58. The number of aldehydes is 1. The SMILES string of the molecule is CC(=O)O[C@@H]1[C@@H](OC(C)=O)[C@@]2(C(=O)OC(C)(C)C)O[C@]1(CCC[C@@H](OC(C)=O)[C@H](C)Cc1ccccc1)O[C@H](C(=O)OC(C)(C)C)[C@@]2(O)C=O. The van der Waals surface area contributed by atoms with Crippen molar-refractivity contribution in [2.24, 2.45) is 5.92 Å². The largest absolute Gasteiger partial charge is 0.462 e. The molecule has 2 bridgehead atoms. The monoisotopic (exact) mass is 706 g/mol. The Kier molecular flexibility index (Phi) is 12.3. The molecule has 14 nitrogen and oxygen atoms in total. The molecule has 278 valence electrons. The third-order valence-corrected chi connectivity index (χ3v) is 8.21. The molecule has 14 heteroatoms. The molecule has 2 heterocycles. The summed E-state index contributed by atoms with van der Waals surface area (Å²) in [7, 11) is 0. The lowest BCUT2D eigenvalue weighted by Crippen LogP contribution is -2.76. The van der Waals surface area contributed by atoms with Crippen LogP contribution in [-0.2, 0) is 68.3 Å². The summed E-state index contributed by atoms with van der Waals surface area (Å²) in [6.07, 6.45) is -6.33. The van der Waals surface area contributed by atoms with E-state index in [1.54, 1.807) is 0 Å². The fraction of sp³-hybridized carbons (Fsp3) is 0.667. The molecule has 8 atom stereocenters. The lowest BCUT2D eigenvalue weighted by atomic mass is 9.75. The van der Waals surface area contributed by atoms with Crippen LogP contribution in [0.2, 0.25) is 0 Å². The minimum atomic E-state index is -3.24. The van der Waals surface area contributed by atoms with E-state index in [0.717, 1.165) is 19.4 Å². The molecule has 3 rings (SSSR count). The maximum absolute atomic E-state index is 14.3. The molecule has 1 aromatic rings. The molecule has 2 aliphatic heterocycles. The highest BCUT2D eigenvalue weighted by Gasteiger charge is 2.85. The predicted octanol–water partition coefficient (Wildman–Crippen LogP) is 3.31. The van der Waals surface area contributed by atoms with E-state index in [2.05, 4.69) is 0 Å². The zero-order chi connectivity index (χ0) is 37.9. The summed E-state index contributed by atoms with van der Waals surface area (Å²) < 4.78 is 40.5. The van der Waals surface area contributed by atoms with Crippen molar-refractivity contribution in [3.63, 3.8) is 0 Å². The number of hydrogen-bond donors (Lipinski definition) is 1. The first-order chi connectivity index (χ1) is 23.0. The van der Waals surface area contributed by atoms with Gasteiger partial charge in [0, 0.05) is 27.2 Å². The van der Waals surface area contributed by atoms with Crippen molar-refractivity contribution in [3.8, 4) is 0 Å². The molecule has 0 amide bonds. The topological polar surface area (TPSA) is 187 Å². The number of benzene rings is 1. The van der Waals surface area contributed by atoms with Crippen LogP contribution in [-0.4, -0.2) is 93.8 Å². The van der Waals surface area contributed by atoms with Gasteiger partial charge in [0.05, 0.1) is 0 Å². The van der Waals surface area contributed by atoms with Crippen LogP contribution in [0.4, 0.5) is 0 Å². The van der Waals surface area contributed by atoms with Crippen molar-refractivity contribution >= 4 is 36.1 Å². The van der Waals surface area contributed by atoms with E-state index in [0.29, 0.717) is 6.42 Å². The van der Waals surface area contributed by atoms with Crippen LogP contribution in [0.3, 0.4) is 0 Å². The van der Waals surface area contributed by atoms with Gasteiger partial charge in [0.15, 0.2) is 24.6 Å². The van der Waals surface area contributed by atoms with E-state index < -0.39 is 82.5 Å². The fourth-order valence-corrected chi connectivity index (χ4v) is 6.37. The summed E-state index contributed by atoms with van der Waals surface area (Å²) in [4.78, 5) is 78.4. The molecule has 0 radical (unpaired) electrons. The molecule has 50 heavy (non-hydrogen) atoms. The second-order valence-electron chi connectivity index (χ2n) is 14.9. The first-order valence-electron chi connectivity index (χ1n) is 16.6. The molecule has 0 saturated carbocycles. The third kappa shape index (κ3) is 8.88. The van der Waals surface area contributed by atoms with Gasteiger partial charge in [-0.15, -0.1) is 0 Å². The number of esters is 5. The first-order valence-corrected chi connectivity index (χ1v) is 16.6. The van der Waals surface area contributed by atoms with Crippen molar-refractivity contribution < 1.29 is 67.0 Å². The number of hydrogen-bond acceptors (Lipinski definition) is 14. The predicted molar refractivity (Wildman–Crippen MR) is 174 cm³/mol. The summed E-state index contributed by atoms with van der Waals surface area (Å²) in [5.41, 5.74) is -7.64. The van der Waals surface area contributed by atoms with Gasteiger partial charge in [-0.1, -0.05) is 37.3 Å². The quantitative estimate of drug-likeness (QED) is 0.179. The van der Waals surface area contributed by atoms with Gasteiger partial charge in [0.2, 0.25) is 17.0 Å². The Labute approximate surface area is 292 Å². The number of carbonyl (C=O) groups is 6. The molecular formula is C36H50O14. The van der Waals surface area contributed by atoms with Crippen LogP contribution in [0.15, 0.2) is 30.3 Å². The van der Waals surface area contributed by atoms with Gasteiger partial charge in [-0.3, -0.25) is 19.2 Å². The fourth-order valence-electron chi connectivity index (χ4n) is 6.37. The molecule has 0 aromatic heterocycles. The number of fused-ring (bicyclic) bond motifs is 2. The van der Waals surface area contributed by atoms with Gasteiger partial charge in [-0.05, 0) is 72.3 Å². The Hall–Kier alpha value is -3.88. The van der Waals surface area contributed by atoms with E-state index in [1.807, 2.05) is 37.3 Å². The zero-order valence-electron chi connectivity index (χ0n) is 30.4. The van der Waals surface area contributed by atoms with Crippen LogP contribution in [0.5, 0.6) is 0 Å². The normalized spacial score (nSPS) is 28.8. The van der Waals surface area contributed by atoms with E-state index in [4.69, 9.17) is 33.2 Å². The van der Waals surface area contributed by atoms with Crippen molar-refractivity contribution in [1.82, 2.24) is 0 Å². The molecule has 1 N–H and O–H groups in total. The molecule has 2 saturated heterocycles. The minimum absolute atomic E-state index is 0.0899. The summed E-state index contributed by atoms with van der Waals surface area (Å²) in [5, 5.41) is 12.2. The van der Waals surface area contributed by atoms with Crippen LogP contribution < -0.4 is 0 Å². The Bertz CT molecular complexity index is 1430. The summed E-state index contributed by atoms with van der Waals surface area (Å²) >= 11 is 0. The van der Waals surface area contributed by atoms with Gasteiger partial charge in [0.25, 0.3) is 0 Å². The molecular weight excluding hydrogens is 656 g/mol. The van der Waals surface area contributed by atoms with E-state index >= 15 is 0 Å². The van der Waals surface area contributed by atoms with Gasteiger partial charge >= 0.3 is 29.8 Å². The number of rotatable bonds is 13. The minimum Gasteiger partial charge on any atom is -0.462 e. The van der Waals surface area contributed by atoms with Crippen LogP contribution >= 0.6 is 0 Å². The molecule has 0 spiro atoms. The van der Waals surface area contributed by atoms with Gasteiger partial charge < -0.3 is 38.3 Å².